The molecular weight excluding hydrogens is 306 g/mol. The first-order valence-corrected chi connectivity index (χ1v) is 8.54. The first-order valence-electron chi connectivity index (χ1n) is 8.16. The summed E-state index contributed by atoms with van der Waals surface area (Å²) in [5, 5.41) is 0.732. The van der Waals surface area contributed by atoms with Crippen LogP contribution in [0.15, 0.2) is 42.6 Å². The summed E-state index contributed by atoms with van der Waals surface area (Å²) in [6.07, 6.45) is 1.80. The van der Waals surface area contributed by atoms with Crippen LogP contribution >= 0.6 is 11.6 Å². The Morgan fingerprint density at radius 3 is 2.09 bits per heavy atom. The maximum Gasteiger partial charge on any atom is 0.147 e. The topological polar surface area (TPSA) is 19.4 Å². The molecule has 3 nitrogen and oxygen atoms in total. The number of anilines is 2. The zero-order valence-electron chi connectivity index (χ0n) is 14.1. The summed E-state index contributed by atoms with van der Waals surface area (Å²) in [4.78, 5) is 9.11. The molecule has 2 heterocycles. The normalized spacial score (nSPS) is 15.8. The van der Waals surface area contributed by atoms with E-state index in [2.05, 4.69) is 59.8 Å². The molecule has 1 fully saturated rings. The van der Waals surface area contributed by atoms with Crippen molar-refractivity contribution in [2.45, 2.75) is 26.2 Å². The van der Waals surface area contributed by atoms with E-state index < -0.39 is 0 Å². The molecule has 4 heteroatoms. The standard InChI is InChI=1S/C19H24ClN3/c1-19(2,3)15-6-8-16(9-7-15)22-11-13-23(14-12-22)18-17(20)5-4-10-21-18/h4-10H,11-14H2,1-3H3. The highest BCUT2D eigenvalue weighted by molar-refractivity contribution is 6.32. The number of halogens is 1. The average Bonchev–Trinajstić information content (AvgIpc) is 2.55. The summed E-state index contributed by atoms with van der Waals surface area (Å²) in [6, 6.07) is 12.8. The quantitative estimate of drug-likeness (QED) is 0.816. The lowest BCUT2D eigenvalue weighted by Gasteiger charge is -2.37. The molecule has 1 aliphatic rings. The number of benzene rings is 1. The van der Waals surface area contributed by atoms with Gasteiger partial charge in [-0.25, -0.2) is 4.98 Å². The summed E-state index contributed by atoms with van der Waals surface area (Å²) in [5.41, 5.74) is 2.87. The van der Waals surface area contributed by atoms with Gasteiger partial charge in [-0.1, -0.05) is 44.5 Å². The van der Waals surface area contributed by atoms with Crippen LogP contribution < -0.4 is 9.80 Å². The van der Waals surface area contributed by atoms with Gasteiger partial charge in [-0.2, -0.15) is 0 Å². The Morgan fingerprint density at radius 2 is 1.52 bits per heavy atom. The van der Waals surface area contributed by atoms with Gasteiger partial charge in [0.2, 0.25) is 0 Å². The van der Waals surface area contributed by atoms with Gasteiger partial charge in [0, 0.05) is 38.1 Å². The van der Waals surface area contributed by atoms with Crippen LogP contribution in [-0.2, 0) is 5.41 Å². The van der Waals surface area contributed by atoms with Crippen LogP contribution in [0.1, 0.15) is 26.3 Å². The highest BCUT2D eigenvalue weighted by Gasteiger charge is 2.20. The predicted octanol–water partition coefficient (Wildman–Crippen LogP) is 4.36. The fourth-order valence-electron chi connectivity index (χ4n) is 2.96. The molecule has 2 aromatic rings. The van der Waals surface area contributed by atoms with Crippen LogP contribution in [0, 0.1) is 0 Å². The molecule has 0 unspecified atom stereocenters. The predicted molar refractivity (Wildman–Crippen MR) is 98.8 cm³/mol. The Hall–Kier alpha value is -1.74. The van der Waals surface area contributed by atoms with Gasteiger partial charge >= 0.3 is 0 Å². The van der Waals surface area contributed by atoms with Gasteiger partial charge in [-0.15, -0.1) is 0 Å². The van der Waals surface area contributed by atoms with Crippen molar-refractivity contribution >= 4 is 23.1 Å². The number of rotatable bonds is 2. The van der Waals surface area contributed by atoms with Gasteiger partial charge in [-0.05, 0) is 35.2 Å². The maximum absolute atomic E-state index is 6.25. The molecule has 0 aliphatic carbocycles. The molecule has 0 spiro atoms. The van der Waals surface area contributed by atoms with Crippen molar-refractivity contribution in [2.24, 2.45) is 0 Å². The van der Waals surface area contributed by atoms with E-state index in [4.69, 9.17) is 11.6 Å². The minimum Gasteiger partial charge on any atom is -0.368 e. The highest BCUT2D eigenvalue weighted by atomic mass is 35.5. The van der Waals surface area contributed by atoms with Crippen LogP contribution in [0.5, 0.6) is 0 Å². The van der Waals surface area contributed by atoms with Gasteiger partial charge < -0.3 is 9.80 Å². The summed E-state index contributed by atoms with van der Waals surface area (Å²) >= 11 is 6.25. The van der Waals surface area contributed by atoms with Crippen LogP contribution in [0.4, 0.5) is 11.5 Å². The largest absolute Gasteiger partial charge is 0.368 e. The third-order valence-electron chi connectivity index (χ3n) is 4.42. The molecule has 1 saturated heterocycles. The zero-order valence-corrected chi connectivity index (χ0v) is 14.8. The SMILES string of the molecule is CC(C)(C)c1ccc(N2CCN(c3ncccc3Cl)CC2)cc1. The Labute approximate surface area is 143 Å². The lowest BCUT2D eigenvalue weighted by Crippen LogP contribution is -2.47. The number of hydrogen-bond acceptors (Lipinski definition) is 3. The molecule has 23 heavy (non-hydrogen) atoms. The molecule has 0 amide bonds. The molecule has 0 saturated carbocycles. The van der Waals surface area contributed by atoms with Crippen LogP contribution in [0.25, 0.3) is 0 Å². The second-order valence-corrected chi connectivity index (χ2v) is 7.49. The van der Waals surface area contributed by atoms with E-state index >= 15 is 0 Å². The molecule has 1 aromatic heterocycles. The molecular formula is C19H24ClN3. The lowest BCUT2D eigenvalue weighted by molar-refractivity contribution is 0.589. The van der Waals surface area contributed by atoms with Crippen molar-refractivity contribution in [3.05, 3.63) is 53.2 Å². The molecule has 122 valence electrons. The van der Waals surface area contributed by atoms with Gasteiger partial charge in [0.15, 0.2) is 0 Å². The van der Waals surface area contributed by atoms with Crippen molar-refractivity contribution in [3.63, 3.8) is 0 Å². The number of aromatic nitrogens is 1. The van der Waals surface area contributed by atoms with Gasteiger partial charge in [0.05, 0.1) is 5.02 Å². The Bertz CT molecular complexity index is 653. The first kappa shape index (κ1) is 16.1. The fourth-order valence-corrected chi connectivity index (χ4v) is 3.20. The second-order valence-electron chi connectivity index (χ2n) is 7.08. The zero-order chi connectivity index (χ0) is 16.4. The van der Waals surface area contributed by atoms with Gasteiger partial charge in [0.25, 0.3) is 0 Å². The van der Waals surface area contributed by atoms with E-state index in [0.717, 1.165) is 37.0 Å². The fraction of sp³-hybridized carbons (Fsp3) is 0.421. The molecule has 1 aromatic carbocycles. The summed E-state index contributed by atoms with van der Waals surface area (Å²) in [7, 11) is 0. The van der Waals surface area contributed by atoms with Gasteiger partial charge in [-0.3, -0.25) is 0 Å². The van der Waals surface area contributed by atoms with E-state index in [1.54, 1.807) is 6.20 Å². The van der Waals surface area contributed by atoms with Crippen molar-refractivity contribution in [1.29, 1.82) is 0 Å². The van der Waals surface area contributed by atoms with Crippen molar-refractivity contribution in [1.82, 2.24) is 4.98 Å². The molecule has 0 bridgehead atoms. The van der Waals surface area contributed by atoms with E-state index in [1.165, 1.54) is 11.3 Å². The van der Waals surface area contributed by atoms with E-state index in [0.29, 0.717) is 0 Å². The second kappa shape index (κ2) is 6.40. The van der Waals surface area contributed by atoms with Gasteiger partial charge in [0.1, 0.15) is 5.82 Å². The summed E-state index contributed by atoms with van der Waals surface area (Å²) < 4.78 is 0. The number of piperazine rings is 1. The van der Waals surface area contributed by atoms with Crippen LogP contribution in [0.3, 0.4) is 0 Å². The first-order chi connectivity index (χ1) is 10.9. The number of pyridine rings is 1. The van der Waals surface area contributed by atoms with E-state index in [-0.39, 0.29) is 5.41 Å². The monoisotopic (exact) mass is 329 g/mol. The Morgan fingerprint density at radius 1 is 0.913 bits per heavy atom. The summed E-state index contributed by atoms with van der Waals surface area (Å²) in [6.45, 7) is 10.6. The van der Waals surface area contributed by atoms with E-state index in [9.17, 15) is 0 Å². The lowest BCUT2D eigenvalue weighted by atomic mass is 9.87. The molecule has 3 rings (SSSR count). The molecule has 0 radical (unpaired) electrons. The maximum atomic E-state index is 6.25. The van der Waals surface area contributed by atoms with Crippen molar-refractivity contribution in [3.8, 4) is 0 Å². The van der Waals surface area contributed by atoms with E-state index in [1.807, 2.05) is 12.1 Å². The van der Waals surface area contributed by atoms with Crippen molar-refractivity contribution in [2.75, 3.05) is 36.0 Å². The molecule has 0 atom stereocenters. The number of hydrogen-bond donors (Lipinski definition) is 0. The third-order valence-corrected chi connectivity index (χ3v) is 4.71. The van der Waals surface area contributed by atoms with Crippen LogP contribution in [-0.4, -0.2) is 31.2 Å². The smallest absolute Gasteiger partial charge is 0.147 e. The molecule has 1 aliphatic heterocycles. The average molecular weight is 330 g/mol. The Kier molecular flexibility index (Phi) is 4.49. The highest BCUT2D eigenvalue weighted by Crippen LogP contribution is 2.27. The minimum atomic E-state index is 0.201. The third kappa shape index (κ3) is 3.61. The minimum absolute atomic E-state index is 0.201. The van der Waals surface area contributed by atoms with Crippen LogP contribution in [0.2, 0.25) is 5.02 Å². The Balaban J connectivity index is 1.66. The summed E-state index contributed by atoms with van der Waals surface area (Å²) in [5.74, 6) is 0.900. The van der Waals surface area contributed by atoms with Crippen molar-refractivity contribution < 1.29 is 0 Å². The molecule has 0 N–H and O–H groups in total. The number of nitrogens with zero attached hydrogens (tertiary/aromatic N) is 3.